The Hall–Kier alpha value is -1.65. The van der Waals surface area contributed by atoms with Crippen LogP contribution in [0.25, 0.3) is 0 Å². The van der Waals surface area contributed by atoms with E-state index in [0.29, 0.717) is 30.2 Å². The molecule has 3 N–H and O–H groups in total. The summed E-state index contributed by atoms with van der Waals surface area (Å²) in [6, 6.07) is 1.57. The van der Waals surface area contributed by atoms with Crippen LogP contribution < -0.4 is 5.73 Å². The molecule has 5 nitrogen and oxygen atoms in total. The van der Waals surface area contributed by atoms with Gasteiger partial charge in [-0.3, -0.25) is 4.79 Å². The molecule has 0 bridgehead atoms. The van der Waals surface area contributed by atoms with Crippen molar-refractivity contribution in [3.63, 3.8) is 0 Å². The average Bonchev–Trinajstić information content (AvgIpc) is 1.97. The Bertz CT molecular complexity index is 393. The average molecular weight is 207 g/mol. The van der Waals surface area contributed by atoms with Crippen LogP contribution in [0.3, 0.4) is 0 Å². The van der Waals surface area contributed by atoms with Gasteiger partial charge in [-0.1, -0.05) is 6.42 Å². The van der Waals surface area contributed by atoms with E-state index in [-0.39, 0.29) is 0 Å². The number of rotatable bonds is 2. The van der Waals surface area contributed by atoms with E-state index in [4.69, 9.17) is 5.73 Å². The molecular formula is C10H13N3O2. The van der Waals surface area contributed by atoms with Gasteiger partial charge in [-0.25, -0.2) is 9.97 Å². The number of nitrogens with zero attached hydrogens (tertiary/aromatic N) is 2. The minimum atomic E-state index is -0.818. The first kappa shape index (κ1) is 9.89. The summed E-state index contributed by atoms with van der Waals surface area (Å²) in [5.41, 5.74) is 5.32. The number of hydrogen-bond donors (Lipinski definition) is 2. The van der Waals surface area contributed by atoms with E-state index < -0.39 is 11.4 Å². The van der Waals surface area contributed by atoms with Gasteiger partial charge in [0.1, 0.15) is 17.1 Å². The Balaban J connectivity index is 2.47. The first-order chi connectivity index (χ1) is 7.04. The molecule has 0 radical (unpaired) electrons. The highest BCUT2D eigenvalue weighted by atomic mass is 16.4. The quantitative estimate of drug-likeness (QED) is 0.751. The van der Waals surface area contributed by atoms with Gasteiger partial charge in [0.2, 0.25) is 0 Å². The number of nitrogen functional groups attached to an aromatic ring is 1. The first-order valence-electron chi connectivity index (χ1n) is 4.90. The summed E-state index contributed by atoms with van der Waals surface area (Å²) >= 11 is 0. The fourth-order valence-electron chi connectivity index (χ4n) is 1.95. The van der Waals surface area contributed by atoms with Gasteiger partial charge in [0.25, 0.3) is 0 Å². The number of carbonyl (C=O) groups is 1. The Labute approximate surface area is 87.4 Å². The molecule has 15 heavy (non-hydrogen) atoms. The van der Waals surface area contributed by atoms with Crippen LogP contribution in [-0.2, 0) is 10.2 Å². The summed E-state index contributed by atoms with van der Waals surface area (Å²) in [5.74, 6) is 0.0498. The summed E-state index contributed by atoms with van der Waals surface area (Å²) in [7, 11) is 0. The molecule has 1 saturated carbocycles. The first-order valence-corrected chi connectivity index (χ1v) is 4.90. The highest BCUT2D eigenvalue weighted by Gasteiger charge is 2.47. The molecular weight excluding hydrogens is 194 g/mol. The second-order valence-electron chi connectivity index (χ2n) is 3.97. The highest BCUT2D eigenvalue weighted by molar-refractivity contribution is 5.82. The maximum Gasteiger partial charge on any atom is 0.315 e. The maximum absolute atomic E-state index is 11.2. The van der Waals surface area contributed by atoms with E-state index in [0.717, 1.165) is 6.42 Å². The minimum absolute atomic E-state index is 0.338. The molecule has 0 aliphatic heterocycles. The zero-order chi connectivity index (χ0) is 11.1. The summed E-state index contributed by atoms with van der Waals surface area (Å²) in [5, 5.41) is 9.22. The van der Waals surface area contributed by atoms with Crippen molar-refractivity contribution in [3.8, 4) is 0 Å². The molecule has 0 amide bonds. The van der Waals surface area contributed by atoms with Crippen molar-refractivity contribution in [2.75, 3.05) is 5.73 Å². The molecule has 1 aliphatic rings. The van der Waals surface area contributed by atoms with Gasteiger partial charge in [-0.05, 0) is 19.8 Å². The number of aryl methyl sites for hydroxylation is 1. The van der Waals surface area contributed by atoms with Crippen molar-refractivity contribution in [3.05, 3.63) is 17.6 Å². The highest BCUT2D eigenvalue weighted by Crippen LogP contribution is 2.43. The molecule has 1 aromatic rings. The lowest BCUT2D eigenvalue weighted by Gasteiger charge is -2.37. The third-order valence-electron chi connectivity index (χ3n) is 2.96. The third-order valence-corrected chi connectivity index (χ3v) is 2.96. The second-order valence-corrected chi connectivity index (χ2v) is 3.97. The molecule has 2 rings (SSSR count). The molecule has 1 aliphatic carbocycles. The van der Waals surface area contributed by atoms with Gasteiger partial charge in [0.05, 0.1) is 5.69 Å². The van der Waals surface area contributed by atoms with Crippen molar-refractivity contribution in [2.24, 2.45) is 0 Å². The molecule has 80 valence electrons. The number of anilines is 1. The molecule has 0 atom stereocenters. The second kappa shape index (κ2) is 3.18. The van der Waals surface area contributed by atoms with Crippen LogP contribution in [0.5, 0.6) is 0 Å². The Morgan fingerprint density at radius 1 is 1.53 bits per heavy atom. The zero-order valence-corrected chi connectivity index (χ0v) is 8.53. The SMILES string of the molecule is Cc1nc(N)cc(C2(C(=O)O)CCC2)n1. The number of carboxylic acids is 1. The maximum atomic E-state index is 11.2. The van der Waals surface area contributed by atoms with Crippen LogP contribution in [0, 0.1) is 6.92 Å². The number of aromatic nitrogens is 2. The topological polar surface area (TPSA) is 89.1 Å². The predicted molar refractivity (Wildman–Crippen MR) is 54.3 cm³/mol. The number of hydrogen-bond acceptors (Lipinski definition) is 4. The molecule has 0 saturated heterocycles. The summed E-state index contributed by atoms with van der Waals surface area (Å²) in [6.45, 7) is 1.72. The van der Waals surface area contributed by atoms with Crippen molar-refractivity contribution >= 4 is 11.8 Å². The van der Waals surface area contributed by atoms with Crippen LogP contribution in [0.4, 0.5) is 5.82 Å². The lowest BCUT2D eigenvalue weighted by atomic mass is 9.66. The third kappa shape index (κ3) is 1.44. The Morgan fingerprint density at radius 2 is 2.20 bits per heavy atom. The molecule has 1 aromatic heterocycles. The van der Waals surface area contributed by atoms with Gasteiger partial charge in [-0.15, -0.1) is 0 Å². The van der Waals surface area contributed by atoms with Crippen molar-refractivity contribution in [2.45, 2.75) is 31.6 Å². The Morgan fingerprint density at radius 3 is 2.60 bits per heavy atom. The fraction of sp³-hybridized carbons (Fsp3) is 0.500. The van der Waals surface area contributed by atoms with Crippen molar-refractivity contribution < 1.29 is 9.90 Å². The predicted octanol–water partition coefficient (Wildman–Crippen LogP) is 0.874. The monoisotopic (exact) mass is 207 g/mol. The van der Waals surface area contributed by atoms with Gasteiger partial charge in [-0.2, -0.15) is 0 Å². The molecule has 1 fully saturated rings. The van der Waals surface area contributed by atoms with Gasteiger partial charge in [0.15, 0.2) is 0 Å². The zero-order valence-electron chi connectivity index (χ0n) is 8.53. The van der Waals surface area contributed by atoms with Crippen LogP contribution in [0.1, 0.15) is 30.8 Å². The van der Waals surface area contributed by atoms with Crippen molar-refractivity contribution in [1.82, 2.24) is 9.97 Å². The number of nitrogens with two attached hydrogens (primary N) is 1. The van der Waals surface area contributed by atoms with E-state index in [1.807, 2.05) is 0 Å². The van der Waals surface area contributed by atoms with Crippen LogP contribution >= 0.6 is 0 Å². The Kier molecular flexibility index (Phi) is 2.10. The van der Waals surface area contributed by atoms with Crippen LogP contribution in [-0.4, -0.2) is 21.0 Å². The standard InChI is InChI=1S/C10H13N3O2/c1-6-12-7(5-8(11)13-6)10(9(14)15)3-2-4-10/h5H,2-4H2,1H3,(H,14,15)(H2,11,12,13). The molecule has 0 spiro atoms. The smallest absolute Gasteiger partial charge is 0.315 e. The summed E-state index contributed by atoms with van der Waals surface area (Å²) in [4.78, 5) is 19.3. The van der Waals surface area contributed by atoms with Crippen LogP contribution in [0.2, 0.25) is 0 Å². The summed E-state index contributed by atoms with van der Waals surface area (Å²) in [6.07, 6.45) is 2.20. The van der Waals surface area contributed by atoms with Gasteiger partial charge >= 0.3 is 5.97 Å². The molecule has 0 aromatic carbocycles. The van der Waals surface area contributed by atoms with Gasteiger partial charge < -0.3 is 10.8 Å². The molecule has 0 unspecified atom stereocenters. The summed E-state index contributed by atoms with van der Waals surface area (Å²) < 4.78 is 0. The van der Waals surface area contributed by atoms with E-state index in [9.17, 15) is 9.90 Å². The number of aliphatic carboxylic acids is 1. The lowest BCUT2D eigenvalue weighted by molar-refractivity contribution is -0.147. The van der Waals surface area contributed by atoms with E-state index in [1.54, 1.807) is 13.0 Å². The van der Waals surface area contributed by atoms with E-state index in [1.165, 1.54) is 0 Å². The largest absolute Gasteiger partial charge is 0.481 e. The lowest BCUT2D eigenvalue weighted by Crippen LogP contribution is -2.43. The normalized spacial score (nSPS) is 18.2. The van der Waals surface area contributed by atoms with Gasteiger partial charge in [0, 0.05) is 6.07 Å². The van der Waals surface area contributed by atoms with Crippen LogP contribution in [0.15, 0.2) is 6.07 Å². The molecule has 5 heteroatoms. The van der Waals surface area contributed by atoms with E-state index in [2.05, 4.69) is 9.97 Å². The minimum Gasteiger partial charge on any atom is -0.481 e. The van der Waals surface area contributed by atoms with Crippen molar-refractivity contribution in [1.29, 1.82) is 0 Å². The fourth-order valence-corrected chi connectivity index (χ4v) is 1.95. The molecule has 1 heterocycles. The van der Waals surface area contributed by atoms with E-state index >= 15 is 0 Å². The number of carboxylic acid groups (broad SMARTS) is 1.